The first-order chi connectivity index (χ1) is 10.6. The maximum Gasteiger partial charge on any atom is 0.301 e. The van der Waals surface area contributed by atoms with Gasteiger partial charge in [-0.15, -0.1) is 0 Å². The minimum atomic E-state index is -3.79. The van der Waals surface area contributed by atoms with Crippen LogP contribution in [0.25, 0.3) is 0 Å². The molecule has 0 atom stereocenters. The van der Waals surface area contributed by atoms with E-state index in [0.717, 1.165) is 3.97 Å². The van der Waals surface area contributed by atoms with Gasteiger partial charge in [0.15, 0.2) is 0 Å². The lowest BCUT2D eigenvalue weighted by molar-refractivity contribution is 0.102. The molecule has 0 aliphatic heterocycles. The number of rotatable bonds is 4. The lowest BCUT2D eigenvalue weighted by atomic mass is 10.3. The first kappa shape index (κ1) is 14.1. The summed E-state index contributed by atoms with van der Waals surface area (Å²) in [6.07, 6.45) is 5.40. The SMILES string of the molecule is O=C(Nc1ccn(S(=O)(=O)c2ccco2)c1)c1ccccn1. The number of hydrogen-bond acceptors (Lipinski definition) is 5. The largest absolute Gasteiger partial charge is 0.451 e. The number of hydrogen-bond donors (Lipinski definition) is 1. The molecule has 0 spiro atoms. The molecule has 3 heterocycles. The molecule has 0 radical (unpaired) electrons. The third-order valence-corrected chi connectivity index (χ3v) is 4.37. The highest BCUT2D eigenvalue weighted by Gasteiger charge is 2.20. The quantitative estimate of drug-likeness (QED) is 0.794. The van der Waals surface area contributed by atoms with Crippen LogP contribution in [-0.4, -0.2) is 23.3 Å². The third-order valence-electron chi connectivity index (χ3n) is 2.85. The lowest BCUT2D eigenvalue weighted by Gasteiger charge is -2.03. The van der Waals surface area contributed by atoms with Gasteiger partial charge in [0.05, 0.1) is 12.0 Å². The fourth-order valence-corrected chi connectivity index (χ4v) is 2.92. The van der Waals surface area contributed by atoms with Gasteiger partial charge in [-0.2, -0.15) is 8.42 Å². The summed E-state index contributed by atoms with van der Waals surface area (Å²) in [7, 11) is -3.79. The monoisotopic (exact) mass is 317 g/mol. The molecule has 0 aliphatic rings. The Morgan fingerprint density at radius 1 is 1.18 bits per heavy atom. The second-order valence-corrected chi connectivity index (χ2v) is 6.11. The van der Waals surface area contributed by atoms with Gasteiger partial charge < -0.3 is 9.73 Å². The normalized spacial score (nSPS) is 11.3. The Bertz CT molecular complexity index is 883. The lowest BCUT2D eigenvalue weighted by Crippen LogP contribution is -2.13. The van der Waals surface area contributed by atoms with Crippen molar-refractivity contribution in [1.82, 2.24) is 8.96 Å². The van der Waals surface area contributed by atoms with E-state index in [1.807, 2.05) is 0 Å². The summed E-state index contributed by atoms with van der Waals surface area (Å²) in [5.74, 6) is -0.422. The Morgan fingerprint density at radius 2 is 2.05 bits per heavy atom. The van der Waals surface area contributed by atoms with Gasteiger partial charge in [-0.1, -0.05) is 6.07 Å². The zero-order valence-electron chi connectivity index (χ0n) is 11.2. The van der Waals surface area contributed by atoms with Gasteiger partial charge in [0.1, 0.15) is 5.69 Å². The van der Waals surface area contributed by atoms with E-state index in [0.29, 0.717) is 5.69 Å². The molecular weight excluding hydrogens is 306 g/mol. The molecule has 22 heavy (non-hydrogen) atoms. The van der Waals surface area contributed by atoms with Crippen LogP contribution < -0.4 is 5.32 Å². The molecule has 1 N–H and O–H groups in total. The van der Waals surface area contributed by atoms with Crippen LogP contribution in [0.5, 0.6) is 0 Å². The van der Waals surface area contributed by atoms with Gasteiger partial charge in [0.2, 0.25) is 5.09 Å². The molecule has 3 aromatic rings. The van der Waals surface area contributed by atoms with E-state index in [1.165, 1.54) is 43.1 Å². The van der Waals surface area contributed by atoms with Gasteiger partial charge in [0.25, 0.3) is 5.91 Å². The first-order valence-electron chi connectivity index (χ1n) is 6.27. The number of pyridine rings is 1. The predicted molar refractivity (Wildman–Crippen MR) is 77.9 cm³/mol. The Balaban J connectivity index is 1.82. The highest BCUT2D eigenvalue weighted by atomic mass is 32.2. The zero-order chi connectivity index (χ0) is 15.6. The molecule has 0 aliphatic carbocycles. The molecule has 112 valence electrons. The van der Waals surface area contributed by atoms with Crippen LogP contribution in [0.2, 0.25) is 0 Å². The van der Waals surface area contributed by atoms with E-state index in [9.17, 15) is 13.2 Å². The number of furan rings is 1. The minimum absolute atomic E-state index is 0.175. The van der Waals surface area contributed by atoms with Crippen molar-refractivity contribution >= 4 is 21.6 Å². The van der Waals surface area contributed by atoms with Gasteiger partial charge in [0, 0.05) is 18.6 Å². The fourth-order valence-electron chi connectivity index (χ4n) is 1.81. The van der Waals surface area contributed by atoms with Gasteiger partial charge in [-0.05, 0) is 30.3 Å². The van der Waals surface area contributed by atoms with Crippen LogP contribution >= 0.6 is 0 Å². The van der Waals surface area contributed by atoms with Crippen molar-refractivity contribution in [3.05, 3.63) is 66.9 Å². The second-order valence-electron chi connectivity index (χ2n) is 4.34. The van der Waals surface area contributed by atoms with E-state index >= 15 is 0 Å². The van der Waals surface area contributed by atoms with Crippen LogP contribution in [0, 0.1) is 0 Å². The summed E-state index contributed by atoms with van der Waals surface area (Å²) < 4.78 is 30.3. The maximum absolute atomic E-state index is 12.2. The van der Waals surface area contributed by atoms with Crippen molar-refractivity contribution in [3.63, 3.8) is 0 Å². The number of amides is 1. The summed E-state index contributed by atoms with van der Waals surface area (Å²) in [5.41, 5.74) is 0.579. The molecule has 3 rings (SSSR count). The van der Waals surface area contributed by atoms with Crippen molar-refractivity contribution in [3.8, 4) is 0 Å². The van der Waals surface area contributed by atoms with Crippen LogP contribution in [0.15, 0.2) is 70.8 Å². The number of aromatic nitrogens is 2. The summed E-state index contributed by atoms with van der Waals surface area (Å²) in [6, 6.07) is 9.26. The topological polar surface area (TPSA) is 94.2 Å². The summed E-state index contributed by atoms with van der Waals surface area (Å²) >= 11 is 0. The van der Waals surface area contributed by atoms with Crippen molar-refractivity contribution < 1.29 is 17.6 Å². The van der Waals surface area contributed by atoms with E-state index in [-0.39, 0.29) is 10.8 Å². The van der Waals surface area contributed by atoms with Gasteiger partial charge in [-0.25, -0.2) is 3.97 Å². The van der Waals surface area contributed by atoms with Crippen molar-refractivity contribution in [2.24, 2.45) is 0 Å². The summed E-state index contributed by atoms with van der Waals surface area (Å²) in [4.78, 5) is 15.9. The average Bonchev–Trinajstić information content (AvgIpc) is 3.20. The fraction of sp³-hybridized carbons (Fsp3) is 0. The van der Waals surface area contributed by atoms with Crippen molar-refractivity contribution in [2.45, 2.75) is 5.09 Å². The molecule has 1 amide bonds. The molecule has 0 bridgehead atoms. The van der Waals surface area contributed by atoms with E-state index in [1.54, 1.807) is 18.2 Å². The number of carbonyl (C=O) groups is 1. The smallest absolute Gasteiger partial charge is 0.301 e. The van der Waals surface area contributed by atoms with E-state index < -0.39 is 15.9 Å². The standard InChI is InChI=1S/C14H11N3O4S/c18-14(12-4-1-2-7-15-12)16-11-6-8-17(10-11)22(19,20)13-5-3-9-21-13/h1-10H,(H,16,18). The molecule has 0 saturated carbocycles. The van der Waals surface area contributed by atoms with Gasteiger partial charge in [-0.3, -0.25) is 9.78 Å². The Kier molecular flexibility index (Phi) is 3.51. The third kappa shape index (κ3) is 2.63. The average molecular weight is 317 g/mol. The molecule has 0 saturated heterocycles. The minimum Gasteiger partial charge on any atom is -0.451 e. The Hall–Kier alpha value is -2.87. The summed E-state index contributed by atoms with van der Waals surface area (Å²) in [6.45, 7) is 0. The molecule has 7 nitrogen and oxygen atoms in total. The first-order valence-corrected chi connectivity index (χ1v) is 7.71. The number of carbonyl (C=O) groups excluding carboxylic acids is 1. The van der Waals surface area contributed by atoms with E-state index in [4.69, 9.17) is 4.42 Å². The molecular formula is C14H11N3O4S. The van der Waals surface area contributed by atoms with Crippen LogP contribution in [0.4, 0.5) is 5.69 Å². The highest BCUT2D eigenvalue weighted by Crippen LogP contribution is 2.18. The van der Waals surface area contributed by atoms with Crippen LogP contribution in [0.3, 0.4) is 0 Å². The Labute approximate surface area is 126 Å². The highest BCUT2D eigenvalue weighted by molar-refractivity contribution is 7.89. The van der Waals surface area contributed by atoms with Crippen LogP contribution in [-0.2, 0) is 10.0 Å². The van der Waals surface area contributed by atoms with Gasteiger partial charge >= 0.3 is 10.0 Å². The molecule has 0 fully saturated rings. The number of nitrogens with one attached hydrogen (secondary N) is 1. The van der Waals surface area contributed by atoms with E-state index in [2.05, 4.69) is 10.3 Å². The van der Waals surface area contributed by atoms with Crippen molar-refractivity contribution in [2.75, 3.05) is 5.32 Å². The zero-order valence-corrected chi connectivity index (χ0v) is 12.0. The summed E-state index contributed by atoms with van der Waals surface area (Å²) in [5, 5.41) is 2.40. The number of anilines is 1. The second kappa shape index (κ2) is 5.49. The maximum atomic E-state index is 12.2. The molecule has 3 aromatic heterocycles. The van der Waals surface area contributed by atoms with Crippen LogP contribution in [0.1, 0.15) is 10.5 Å². The molecule has 0 unspecified atom stereocenters. The Morgan fingerprint density at radius 3 is 2.73 bits per heavy atom. The molecule has 8 heteroatoms. The molecule has 0 aromatic carbocycles. The van der Waals surface area contributed by atoms with Crippen molar-refractivity contribution in [1.29, 1.82) is 0 Å². The predicted octanol–water partition coefficient (Wildman–Crippen LogP) is 1.97. The number of nitrogens with zero attached hydrogens (tertiary/aromatic N) is 2.